The number of carbonyl (C=O) groups excluding carboxylic acids is 2. The van der Waals surface area contributed by atoms with Gasteiger partial charge < -0.3 is 10.1 Å². The zero-order valence-electron chi connectivity index (χ0n) is 12.7. The molecule has 0 fully saturated rings. The Kier molecular flexibility index (Phi) is 6.66. The Morgan fingerprint density at radius 3 is 2.57 bits per heavy atom. The number of allylic oxidation sites excluding steroid dienone is 1. The molecular weight excluding hydrogens is 266 g/mol. The molecule has 0 aliphatic carbocycles. The fourth-order valence-electron chi connectivity index (χ4n) is 1.87. The summed E-state index contributed by atoms with van der Waals surface area (Å²) in [4.78, 5) is 23.4. The second-order valence-corrected chi connectivity index (χ2v) is 5.58. The van der Waals surface area contributed by atoms with Gasteiger partial charge in [0, 0.05) is 5.54 Å². The molecular formula is C17H23NO3. The van der Waals surface area contributed by atoms with Gasteiger partial charge in [-0.05, 0) is 32.3 Å². The van der Waals surface area contributed by atoms with Gasteiger partial charge in [-0.3, -0.25) is 9.59 Å². The second-order valence-electron chi connectivity index (χ2n) is 5.58. The molecule has 0 radical (unpaired) electrons. The highest BCUT2D eigenvalue weighted by molar-refractivity contribution is 5.94. The van der Waals surface area contributed by atoms with Gasteiger partial charge in [0.2, 0.25) is 5.91 Å². The lowest BCUT2D eigenvalue weighted by atomic mass is 9.98. The number of nitrogens with one attached hydrogen (secondary N) is 1. The third-order valence-electron chi connectivity index (χ3n) is 3.00. The molecule has 1 rings (SSSR count). The normalized spacial score (nSPS) is 10.8. The highest BCUT2D eigenvalue weighted by Crippen LogP contribution is 2.11. The van der Waals surface area contributed by atoms with Crippen LogP contribution in [0.4, 0.5) is 0 Å². The summed E-state index contributed by atoms with van der Waals surface area (Å²) in [5, 5.41) is 2.83. The van der Waals surface area contributed by atoms with Crippen LogP contribution in [0.1, 0.15) is 38.7 Å². The van der Waals surface area contributed by atoms with E-state index >= 15 is 0 Å². The molecule has 1 amide bonds. The maximum atomic E-state index is 11.8. The van der Waals surface area contributed by atoms with E-state index in [1.165, 1.54) is 0 Å². The fourth-order valence-corrected chi connectivity index (χ4v) is 1.87. The van der Waals surface area contributed by atoms with E-state index in [0.717, 1.165) is 18.4 Å². The largest absolute Gasteiger partial charge is 0.460 e. The molecule has 0 aliphatic rings. The Morgan fingerprint density at radius 1 is 1.29 bits per heavy atom. The smallest absolute Gasteiger partial charge is 0.315 e. The van der Waals surface area contributed by atoms with Crippen LogP contribution in [-0.2, 0) is 20.9 Å². The van der Waals surface area contributed by atoms with Crippen molar-refractivity contribution in [2.24, 2.45) is 0 Å². The van der Waals surface area contributed by atoms with Crippen LogP contribution in [-0.4, -0.2) is 17.4 Å². The van der Waals surface area contributed by atoms with Crippen molar-refractivity contribution in [1.82, 2.24) is 5.32 Å². The first-order chi connectivity index (χ1) is 9.93. The predicted octanol–water partition coefficient (Wildman–Crippen LogP) is 2.98. The maximum absolute atomic E-state index is 11.8. The van der Waals surface area contributed by atoms with Crippen LogP contribution in [0.5, 0.6) is 0 Å². The van der Waals surface area contributed by atoms with E-state index in [2.05, 4.69) is 11.9 Å². The number of hydrogen-bond donors (Lipinski definition) is 1. The van der Waals surface area contributed by atoms with Crippen molar-refractivity contribution < 1.29 is 14.3 Å². The van der Waals surface area contributed by atoms with Gasteiger partial charge in [0.1, 0.15) is 13.0 Å². The van der Waals surface area contributed by atoms with E-state index in [0.29, 0.717) is 0 Å². The third-order valence-corrected chi connectivity index (χ3v) is 3.00. The van der Waals surface area contributed by atoms with E-state index in [1.807, 2.05) is 50.3 Å². The Balaban J connectivity index is 2.33. The van der Waals surface area contributed by atoms with E-state index in [-0.39, 0.29) is 24.5 Å². The molecule has 0 saturated carbocycles. The lowest BCUT2D eigenvalue weighted by Gasteiger charge is -2.25. The summed E-state index contributed by atoms with van der Waals surface area (Å²) in [6, 6.07) is 9.37. The van der Waals surface area contributed by atoms with Crippen molar-refractivity contribution >= 4 is 11.9 Å². The topological polar surface area (TPSA) is 55.4 Å². The average molecular weight is 289 g/mol. The summed E-state index contributed by atoms with van der Waals surface area (Å²) in [5.74, 6) is -0.835. The van der Waals surface area contributed by atoms with Gasteiger partial charge >= 0.3 is 5.97 Å². The molecule has 1 aromatic rings. The fraction of sp³-hybridized carbons (Fsp3) is 0.412. The first-order valence-corrected chi connectivity index (χ1v) is 7.04. The minimum absolute atomic E-state index is 0.187. The lowest BCUT2D eigenvalue weighted by Crippen LogP contribution is -2.44. The summed E-state index contributed by atoms with van der Waals surface area (Å²) in [6.45, 7) is 7.69. The number of benzene rings is 1. The van der Waals surface area contributed by atoms with Gasteiger partial charge in [-0.25, -0.2) is 0 Å². The molecule has 4 nitrogen and oxygen atoms in total. The van der Waals surface area contributed by atoms with Crippen molar-refractivity contribution in [2.75, 3.05) is 0 Å². The van der Waals surface area contributed by atoms with Gasteiger partial charge in [-0.15, -0.1) is 6.58 Å². The number of rotatable bonds is 8. The molecule has 114 valence electrons. The number of hydrogen-bond acceptors (Lipinski definition) is 3. The van der Waals surface area contributed by atoms with Crippen molar-refractivity contribution in [3.8, 4) is 0 Å². The first-order valence-electron chi connectivity index (χ1n) is 7.04. The molecule has 0 atom stereocenters. The molecule has 0 heterocycles. The van der Waals surface area contributed by atoms with Crippen molar-refractivity contribution in [3.05, 3.63) is 48.6 Å². The quantitative estimate of drug-likeness (QED) is 0.455. The number of amides is 1. The van der Waals surface area contributed by atoms with E-state index in [4.69, 9.17) is 4.74 Å². The van der Waals surface area contributed by atoms with Crippen LogP contribution in [0.3, 0.4) is 0 Å². The van der Waals surface area contributed by atoms with Gasteiger partial charge in [0.25, 0.3) is 0 Å². The van der Waals surface area contributed by atoms with Crippen molar-refractivity contribution in [2.45, 2.75) is 45.3 Å². The number of ether oxygens (including phenoxy) is 1. The zero-order chi connectivity index (χ0) is 15.7. The highest BCUT2D eigenvalue weighted by Gasteiger charge is 2.21. The van der Waals surface area contributed by atoms with Crippen LogP contribution in [0.15, 0.2) is 43.0 Å². The van der Waals surface area contributed by atoms with Crippen LogP contribution >= 0.6 is 0 Å². The van der Waals surface area contributed by atoms with Gasteiger partial charge in [-0.1, -0.05) is 36.4 Å². The molecule has 0 bridgehead atoms. The zero-order valence-corrected chi connectivity index (χ0v) is 12.7. The van der Waals surface area contributed by atoms with E-state index in [1.54, 1.807) is 0 Å². The Morgan fingerprint density at radius 2 is 1.95 bits per heavy atom. The molecule has 0 saturated heterocycles. The molecule has 1 aromatic carbocycles. The molecule has 4 heteroatoms. The molecule has 21 heavy (non-hydrogen) atoms. The predicted molar refractivity (Wildman–Crippen MR) is 82.5 cm³/mol. The summed E-state index contributed by atoms with van der Waals surface area (Å²) in [5.41, 5.74) is 0.544. The molecule has 0 unspecified atom stereocenters. The summed E-state index contributed by atoms with van der Waals surface area (Å²) >= 11 is 0. The summed E-state index contributed by atoms with van der Waals surface area (Å²) in [6.07, 6.45) is 3.14. The van der Waals surface area contributed by atoms with Crippen molar-refractivity contribution in [1.29, 1.82) is 0 Å². The minimum Gasteiger partial charge on any atom is -0.460 e. The molecule has 0 aromatic heterocycles. The summed E-state index contributed by atoms with van der Waals surface area (Å²) in [7, 11) is 0. The van der Waals surface area contributed by atoms with Gasteiger partial charge in [-0.2, -0.15) is 0 Å². The second kappa shape index (κ2) is 8.25. The first kappa shape index (κ1) is 17.0. The van der Waals surface area contributed by atoms with Crippen LogP contribution in [0, 0.1) is 0 Å². The molecule has 1 N–H and O–H groups in total. The van der Waals surface area contributed by atoms with E-state index in [9.17, 15) is 9.59 Å². The number of esters is 1. The minimum atomic E-state index is -0.518. The standard InChI is InChI=1S/C17H23NO3/c1-4-5-11-17(2,3)18-15(19)12-16(20)21-13-14-9-7-6-8-10-14/h4,6-10H,1,5,11-13H2,2-3H3,(H,18,19). The molecule has 0 aliphatic heterocycles. The van der Waals surface area contributed by atoms with Gasteiger partial charge in [0.15, 0.2) is 0 Å². The SMILES string of the molecule is C=CCCC(C)(C)NC(=O)CC(=O)OCc1ccccc1. The van der Waals surface area contributed by atoms with E-state index < -0.39 is 5.97 Å². The Labute approximate surface area is 126 Å². The van der Waals surface area contributed by atoms with Crippen LogP contribution in [0.25, 0.3) is 0 Å². The third kappa shape index (κ3) is 7.30. The highest BCUT2D eigenvalue weighted by atomic mass is 16.5. The lowest BCUT2D eigenvalue weighted by molar-refractivity contribution is -0.147. The Hall–Kier alpha value is -2.10. The molecule has 0 spiro atoms. The van der Waals surface area contributed by atoms with Crippen LogP contribution in [0.2, 0.25) is 0 Å². The maximum Gasteiger partial charge on any atom is 0.315 e. The summed E-state index contributed by atoms with van der Waals surface area (Å²) < 4.78 is 5.08. The van der Waals surface area contributed by atoms with Crippen molar-refractivity contribution in [3.63, 3.8) is 0 Å². The van der Waals surface area contributed by atoms with Gasteiger partial charge in [0.05, 0.1) is 0 Å². The Bertz CT molecular complexity index is 480. The van der Waals surface area contributed by atoms with Crippen LogP contribution < -0.4 is 5.32 Å². The average Bonchev–Trinajstić information content (AvgIpc) is 2.43. The number of carbonyl (C=O) groups is 2. The monoisotopic (exact) mass is 289 g/mol.